The van der Waals surface area contributed by atoms with E-state index in [0.29, 0.717) is 6.42 Å². The van der Waals surface area contributed by atoms with E-state index in [1.807, 2.05) is 11.4 Å². The average Bonchev–Trinajstić information content (AvgIpc) is 2.82. The van der Waals surface area contributed by atoms with Crippen LogP contribution in [0.1, 0.15) is 27.7 Å². The largest absolute Gasteiger partial charge is 0.496 e. The molecule has 2 nitrogen and oxygen atoms in total. The molecule has 0 saturated heterocycles. The lowest BCUT2D eigenvalue weighted by atomic mass is 10.0. The van der Waals surface area contributed by atoms with E-state index in [4.69, 9.17) is 4.74 Å². The molecule has 2 aromatic rings. The van der Waals surface area contributed by atoms with Gasteiger partial charge in [-0.15, -0.1) is 11.3 Å². The zero-order valence-corrected chi connectivity index (χ0v) is 11.8. The molecule has 0 aliphatic carbocycles. The summed E-state index contributed by atoms with van der Waals surface area (Å²) < 4.78 is 5.13. The number of ether oxygens (including phenoxy) is 1. The Morgan fingerprint density at radius 1 is 1.22 bits per heavy atom. The maximum Gasteiger partial charge on any atom is 0.129 e. The molecule has 0 bridgehead atoms. The van der Waals surface area contributed by atoms with Crippen LogP contribution in [0, 0.1) is 13.8 Å². The molecule has 3 heteroatoms. The van der Waals surface area contributed by atoms with Crippen LogP contribution in [0.5, 0.6) is 5.75 Å². The van der Waals surface area contributed by atoms with Gasteiger partial charge in [0.2, 0.25) is 0 Å². The third-order valence-electron chi connectivity index (χ3n) is 3.16. The van der Waals surface area contributed by atoms with Crippen LogP contribution in [0.2, 0.25) is 0 Å². The lowest BCUT2D eigenvalue weighted by Crippen LogP contribution is -2.00. The highest BCUT2D eigenvalue weighted by atomic mass is 32.1. The van der Waals surface area contributed by atoms with Gasteiger partial charge in [0.05, 0.1) is 13.2 Å². The van der Waals surface area contributed by atoms with E-state index in [-0.39, 0.29) is 0 Å². The predicted octanol–water partition coefficient (Wildman–Crippen LogP) is 3.65. The number of hydrogen-bond acceptors (Lipinski definition) is 3. The molecular formula is C15H18O2S. The molecule has 1 aromatic heterocycles. The molecule has 0 radical (unpaired) electrons. The van der Waals surface area contributed by atoms with Crippen LogP contribution < -0.4 is 4.74 Å². The molecule has 18 heavy (non-hydrogen) atoms. The summed E-state index contributed by atoms with van der Waals surface area (Å²) in [4.78, 5) is 0.949. The van der Waals surface area contributed by atoms with Gasteiger partial charge in [0.25, 0.3) is 0 Å². The van der Waals surface area contributed by atoms with E-state index < -0.39 is 6.10 Å². The van der Waals surface area contributed by atoms with Crippen molar-refractivity contribution in [3.63, 3.8) is 0 Å². The Morgan fingerprint density at radius 2 is 2.00 bits per heavy atom. The number of benzene rings is 1. The minimum absolute atomic E-state index is 0.457. The second kappa shape index (κ2) is 5.55. The lowest BCUT2D eigenvalue weighted by molar-refractivity contribution is 0.182. The molecule has 1 aromatic carbocycles. The Kier molecular flexibility index (Phi) is 4.04. The second-order valence-electron chi connectivity index (χ2n) is 4.53. The van der Waals surface area contributed by atoms with Crippen LogP contribution in [0.15, 0.2) is 29.6 Å². The van der Waals surface area contributed by atoms with Crippen LogP contribution in [-0.2, 0) is 6.42 Å². The molecule has 0 aliphatic heterocycles. The fraction of sp³-hybridized carbons (Fsp3) is 0.333. The Balaban J connectivity index is 2.10. The summed E-state index contributed by atoms with van der Waals surface area (Å²) in [6, 6.07) is 8.22. The summed E-state index contributed by atoms with van der Waals surface area (Å²) in [7, 11) is 1.64. The van der Waals surface area contributed by atoms with E-state index in [9.17, 15) is 5.11 Å². The molecule has 0 saturated carbocycles. The first kappa shape index (κ1) is 13.1. The molecule has 0 fully saturated rings. The Hall–Kier alpha value is -1.32. The highest BCUT2D eigenvalue weighted by Gasteiger charge is 2.12. The van der Waals surface area contributed by atoms with Gasteiger partial charge in [-0.05, 0) is 36.6 Å². The van der Waals surface area contributed by atoms with Crippen molar-refractivity contribution in [3.05, 3.63) is 51.2 Å². The van der Waals surface area contributed by atoms with Crippen LogP contribution in [0.25, 0.3) is 0 Å². The Labute approximate surface area is 112 Å². The van der Waals surface area contributed by atoms with Gasteiger partial charge in [-0.2, -0.15) is 0 Å². The van der Waals surface area contributed by atoms with Gasteiger partial charge in [-0.25, -0.2) is 0 Å². The number of methoxy groups -OCH3 is 1. The predicted molar refractivity (Wildman–Crippen MR) is 75.5 cm³/mol. The summed E-state index contributed by atoms with van der Waals surface area (Å²) in [6.45, 7) is 4.19. The summed E-state index contributed by atoms with van der Waals surface area (Å²) in [5.41, 5.74) is 3.72. The van der Waals surface area contributed by atoms with Crippen molar-refractivity contribution in [2.24, 2.45) is 0 Å². The van der Waals surface area contributed by atoms with Gasteiger partial charge in [-0.1, -0.05) is 18.2 Å². The monoisotopic (exact) mass is 262 g/mol. The van der Waals surface area contributed by atoms with E-state index >= 15 is 0 Å². The van der Waals surface area contributed by atoms with E-state index in [2.05, 4.69) is 32.0 Å². The summed E-state index contributed by atoms with van der Waals surface area (Å²) in [6.07, 6.45) is 0.186. The standard InChI is InChI=1S/C15H18O2S/c1-10-4-5-12(6-11(10)2)7-14(16)15-8-13(17-3)9-18-15/h4-6,8-9,14,16H,7H2,1-3H3. The van der Waals surface area contributed by atoms with Crippen LogP contribution in [0.4, 0.5) is 0 Å². The van der Waals surface area contributed by atoms with E-state index in [1.165, 1.54) is 22.5 Å². The molecule has 1 N–H and O–H groups in total. The smallest absolute Gasteiger partial charge is 0.129 e. The van der Waals surface area contributed by atoms with Gasteiger partial charge >= 0.3 is 0 Å². The normalized spacial score (nSPS) is 12.4. The molecule has 2 rings (SSSR count). The highest BCUT2D eigenvalue weighted by Crippen LogP contribution is 2.29. The van der Waals surface area contributed by atoms with Gasteiger partial charge in [0, 0.05) is 16.7 Å². The Morgan fingerprint density at radius 3 is 2.61 bits per heavy atom. The maximum atomic E-state index is 10.2. The molecule has 1 heterocycles. The number of thiophene rings is 1. The van der Waals surface area contributed by atoms with E-state index in [0.717, 1.165) is 16.2 Å². The lowest BCUT2D eigenvalue weighted by Gasteiger charge is -2.10. The van der Waals surface area contributed by atoms with Gasteiger partial charge in [0.15, 0.2) is 0 Å². The molecule has 0 amide bonds. The molecule has 96 valence electrons. The fourth-order valence-electron chi connectivity index (χ4n) is 1.87. The summed E-state index contributed by atoms with van der Waals surface area (Å²) in [5.74, 6) is 0.814. The zero-order chi connectivity index (χ0) is 13.1. The first-order valence-electron chi connectivity index (χ1n) is 5.96. The van der Waals surface area contributed by atoms with Gasteiger partial charge in [0.1, 0.15) is 5.75 Å². The van der Waals surface area contributed by atoms with Crippen molar-refractivity contribution in [3.8, 4) is 5.75 Å². The van der Waals surface area contributed by atoms with E-state index in [1.54, 1.807) is 7.11 Å². The first-order chi connectivity index (χ1) is 8.60. The molecular weight excluding hydrogens is 244 g/mol. The van der Waals surface area contributed by atoms with Crippen molar-refractivity contribution in [1.29, 1.82) is 0 Å². The molecule has 0 spiro atoms. The topological polar surface area (TPSA) is 29.5 Å². The quantitative estimate of drug-likeness (QED) is 0.911. The first-order valence-corrected chi connectivity index (χ1v) is 6.84. The van der Waals surface area contributed by atoms with Crippen LogP contribution in [-0.4, -0.2) is 12.2 Å². The van der Waals surface area contributed by atoms with Crippen molar-refractivity contribution in [1.82, 2.24) is 0 Å². The highest BCUT2D eigenvalue weighted by molar-refractivity contribution is 7.10. The van der Waals surface area contributed by atoms with Gasteiger partial charge in [-0.3, -0.25) is 0 Å². The number of hydrogen-bond donors (Lipinski definition) is 1. The van der Waals surface area contributed by atoms with Crippen molar-refractivity contribution < 1.29 is 9.84 Å². The fourth-order valence-corrected chi connectivity index (χ4v) is 2.71. The average molecular weight is 262 g/mol. The minimum atomic E-state index is -0.457. The summed E-state index contributed by atoms with van der Waals surface area (Å²) >= 11 is 1.53. The third-order valence-corrected chi connectivity index (χ3v) is 4.17. The van der Waals surface area contributed by atoms with Crippen molar-refractivity contribution >= 4 is 11.3 Å². The number of rotatable bonds is 4. The molecule has 0 aliphatic rings. The minimum Gasteiger partial charge on any atom is -0.496 e. The van der Waals surface area contributed by atoms with Crippen LogP contribution >= 0.6 is 11.3 Å². The zero-order valence-electron chi connectivity index (χ0n) is 10.9. The SMILES string of the molecule is COc1csc(C(O)Cc2ccc(C)c(C)c2)c1. The maximum absolute atomic E-state index is 10.2. The third kappa shape index (κ3) is 2.92. The van der Waals surface area contributed by atoms with Gasteiger partial charge < -0.3 is 9.84 Å². The summed E-state index contributed by atoms with van der Waals surface area (Å²) in [5, 5.41) is 12.1. The molecule has 1 atom stereocenters. The Bertz CT molecular complexity index is 531. The van der Waals surface area contributed by atoms with Crippen LogP contribution in [0.3, 0.4) is 0 Å². The van der Waals surface area contributed by atoms with Crippen molar-refractivity contribution in [2.75, 3.05) is 7.11 Å². The van der Waals surface area contributed by atoms with Crippen molar-refractivity contribution in [2.45, 2.75) is 26.4 Å². The molecule has 1 unspecified atom stereocenters. The number of aliphatic hydroxyl groups is 1. The second-order valence-corrected chi connectivity index (χ2v) is 5.47. The number of aryl methyl sites for hydroxylation is 2. The number of aliphatic hydroxyl groups excluding tert-OH is 1.